The standard InChI is InChI=1S/C9H17N3O/c10-12-9(13)7-3-1-2-6-4-5-11-8(6)7/h6-8,11H,1-5,10H2,(H,12,13). The number of fused-ring (bicyclic) bond motifs is 1. The Labute approximate surface area is 78.2 Å². The summed E-state index contributed by atoms with van der Waals surface area (Å²) in [6, 6.07) is 0.386. The summed E-state index contributed by atoms with van der Waals surface area (Å²) in [5.41, 5.74) is 2.27. The minimum atomic E-state index is 0.00380. The van der Waals surface area contributed by atoms with Crippen molar-refractivity contribution in [3.63, 3.8) is 0 Å². The first-order valence-corrected chi connectivity index (χ1v) is 5.07. The predicted molar refractivity (Wildman–Crippen MR) is 49.6 cm³/mol. The van der Waals surface area contributed by atoms with Crippen LogP contribution in [0.3, 0.4) is 0 Å². The zero-order chi connectivity index (χ0) is 9.26. The fraction of sp³-hybridized carbons (Fsp3) is 0.889. The number of hydrogen-bond donors (Lipinski definition) is 3. The Morgan fingerprint density at radius 2 is 2.23 bits per heavy atom. The molecule has 1 saturated carbocycles. The van der Waals surface area contributed by atoms with Gasteiger partial charge in [0.05, 0.1) is 5.92 Å². The van der Waals surface area contributed by atoms with Gasteiger partial charge < -0.3 is 5.32 Å². The predicted octanol–water partition coefficient (Wildman–Crippen LogP) is -0.246. The van der Waals surface area contributed by atoms with E-state index >= 15 is 0 Å². The van der Waals surface area contributed by atoms with E-state index in [1.165, 1.54) is 19.3 Å². The highest BCUT2D eigenvalue weighted by atomic mass is 16.2. The molecule has 4 heteroatoms. The van der Waals surface area contributed by atoms with Gasteiger partial charge in [0.15, 0.2) is 0 Å². The molecular formula is C9H17N3O. The van der Waals surface area contributed by atoms with E-state index in [9.17, 15) is 4.79 Å². The Hall–Kier alpha value is -0.610. The molecule has 1 amide bonds. The van der Waals surface area contributed by atoms with E-state index in [1.54, 1.807) is 0 Å². The van der Waals surface area contributed by atoms with Crippen LogP contribution in [-0.2, 0) is 4.79 Å². The van der Waals surface area contributed by atoms with Crippen molar-refractivity contribution >= 4 is 5.91 Å². The molecule has 1 aliphatic carbocycles. The van der Waals surface area contributed by atoms with E-state index < -0.39 is 0 Å². The SMILES string of the molecule is NNC(=O)C1CCCC2CCNC21. The van der Waals surface area contributed by atoms with Crippen molar-refractivity contribution < 1.29 is 4.79 Å². The average Bonchev–Trinajstić information content (AvgIpc) is 2.63. The number of nitrogens with two attached hydrogens (primary N) is 1. The van der Waals surface area contributed by atoms with Gasteiger partial charge in [0, 0.05) is 6.04 Å². The van der Waals surface area contributed by atoms with Crippen molar-refractivity contribution in [1.82, 2.24) is 10.7 Å². The monoisotopic (exact) mass is 183 g/mol. The Kier molecular flexibility index (Phi) is 2.51. The van der Waals surface area contributed by atoms with E-state index in [2.05, 4.69) is 10.7 Å². The highest BCUT2D eigenvalue weighted by Gasteiger charge is 2.39. The summed E-state index contributed by atoms with van der Waals surface area (Å²) < 4.78 is 0. The van der Waals surface area contributed by atoms with E-state index in [1.807, 2.05) is 0 Å². The molecule has 1 saturated heterocycles. The lowest BCUT2D eigenvalue weighted by molar-refractivity contribution is -0.127. The number of amides is 1. The fourth-order valence-corrected chi connectivity index (χ4v) is 2.76. The Morgan fingerprint density at radius 1 is 1.38 bits per heavy atom. The molecule has 0 aromatic rings. The summed E-state index contributed by atoms with van der Waals surface area (Å²) in [6.07, 6.45) is 4.64. The lowest BCUT2D eigenvalue weighted by Crippen LogP contribution is -2.48. The number of hydrazine groups is 1. The van der Waals surface area contributed by atoms with Gasteiger partial charge in [-0.2, -0.15) is 0 Å². The molecule has 4 nitrogen and oxygen atoms in total. The molecule has 0 spiro atoms. The first kappa shape index (κ1) is 8.97. The number of carbonyl (C=O) groups is 1. The Balaban J connectivity index is 2.05. The highest BCUT2D eigenvalue weighted by molar-refractivity contribution is 5.79. The number of nitrogens with one attached hydrogen (secondary N) is 2. The van der Waals surface area contributed by atoms with Gasteiger partial charge in [0.1, 0.15) is 0 Å². The molecule has 74 valence electrons. The van der Waals surface area contributed by atoms with Crippen molar-refractivity contribution in [2.75, 3.05) is 6.54 Å². The minimum absolute atomic E-state index is 0.00380. The lowest BCUT2D eigenvalue weighted by Gasteiger charge is -2.32. The smallest absolute Gasteiger partial charge is 0.238 e. The van der Waals surface area contributed by atoms with Gasteiger partial charge in [-0.1, -0.05) is 6.42 Å². The van der Waals surface area contributed by atoms with Crippen molar-refractivity contribution in [3.05, 3.63) is 0 Å². The quantitative estimate of drug-likeness (QED) is 0.298. The van der Waals surface area contributed by atoms with E-state index in [4.69, 9.17) is 5.84 Å². The molecule has 1 heterocycles. The molecule has 2 aliphatic rings. The van der Waals surface area contributed by atoms with Gasteiger partial charge in [0.2, 0.25) is 5.91 Å². The summed E-state index contributed by atoms with van der Waals surface area (Å²) >= 11 is 0. The van der Waals surface area contributed by atoms with Crippen LogP contribution in [0.1, 0.15) is 25.7 Å². The Bertz CT molecular complexity index is 207. The topological polar surface area (TPSA) is 67.1 Å². The van der Waals surface area contributed by atoms with E-state index in [-0.39, 0.29) is 11.8 Å². The van der Waals surface area contributed by atoms with Gasteiger partial charge in [0.25, 0.3) is 0 Å². The van der Waals surface area contributed by atoms with Crippen molar-refractivity contribution in [3.8, 4) is 0 Å². The summed E-state index contributed by atoms with van der Waals surface area (Å²) in [6.45, 7) is 1.06. The maximum atomic E-state index is 11.4. The zero-order valence-corrected chi connectivity index (χ0v) is 7.75. The molecule has 2 fully saturated rings. The molecule has 3 unspecified atom stereocenters. The van der Waals surface area contributed by atoms with Crippen LogP contribution in [0.5, 0.6) is 0 Å². The molecule has 3 atom stereocenters. The van der Waals surface area contributed by atoms with E-state index in [0.29, 0.717) is 12.0 Å². The van der Waals surface area contributed by atoms with E-state index in [0.717, 1.165) is 13.0 Å². The molecule has 4 N–H and O–H groups in total. The third-order valence-corrected chi connectivity index (χ3v) is 3.41. The first-order valence-electron chi connectivity index (χ1n) is 5.07. The maximum Gasteiger partial charge on any atom is 0.238 e. The first-order chi connectivity index (χ1) is 6.33. The lowest BCUT2D eigenvalue weighted by atomic mass is 9.77. The van der Waals surface area contributed by atoms with Gasteiger partial charge >= 0.3 is 0 Å². The second kappa shape index (κ2) is 3.64. The van der Waals surface area contributed by atoms with Gasteiger partial charge in [-0.3, -0.25) is 10.2 Å². The summed E-state index contributed by atoms with van der Waals surface area (Å²) in [7, 11) is 0. The normalized spacial score (nSPS) is 38.4. The average molecular weight is 183 g/mol. The van der Waals surface area contributed by atoms with Crippen LogP contribution in [-0.4, -0.2) is 18.5 Å². The summed E-state index contributed by atoms with van der Waals surface area (Å²) in [5, 5.41) is 3.41. The Morgan fingerprint density at radius 3 is 3.00 bits per heavy atom. The maximum absolute atomic E-state index is 11.4. The molecule has 0 aromatic carbocycles. The second-order valence-electron chi connectivity index (χ2n) is 4.07. The van der Waals surface area contributed by atoms with Crippen molar-refractivity contribution in [2.24, 2.45) is 17.7 Å². The van der Waals surface area contributed by atoms with Crippen LogP contribution in [0, 0.1) is 11.8 Å². The van der Waals surface area contributed by atoms with Crippen LogP contribution < -0.4 is 16.6 Å². The van der Waals surface area contributed by atoms with Gasteiger partial charge in [-0.05, 0) is 31.7 Å². The molecule has 2 rings (SSSR count). The zero-order valence-electron chi connectivity index (χ0n) is 7.75. The van der Waals surface area contributed by atoms with Crippen LogP contribution >= 0.6 is 0 Å². The number of hydrogen-bond acceptors (Lipinski definition) is 3. The number of rotatable bonds is 1. The van der Waals surface area contributed by atoms with Gasteiger partial charge in [-0.15, -0.1) is 0 Å². The summed E-state index contributed by atoms with van der Waals surface area (Å²) in [5.74, 6) is 5.97. The van der Waals surface area contributed by atoms with Crippen LogP contribution in [0.4, 0.5) is 0 Å². The molecule has 0 bridgehead atoms. The van der Waals surface area contributed by atoms with Crippen molar-refractivity contribution in [2.45, 2.75) is 31.7 Å². The molecule has 0 aromatic heterocycles. The van der Waals surface area contributed by atoms with Crippen LogP contribution in [0.15, 0.2) is 0 Å². The molecule has 1 aliphatic heterocycles. The fourth-order valence-electron chi connectivity index (χ4n) is 2.76. The number of carbonyl (C=O) groups excluding carboxylic acids is 1. The highest BCUT2D eigenvalue weighted by Crippen LogP contribution is 2.34. The third kappa shape index (κ3) is 1.56. The van der Waals surface area contributed by atoms with Crippen LogP contribution in [0.25, 0.3) is 0 Å². The summed E-state index contributed by atoms with van der Waals surface area (Å²) in [4.78, 5) is 11.4. The van der Waals surface area contributed by atoms with Crippen molar-refractivity contribution in [1.29, 1.82) is 0 Å². The third-order valence-electron chi connectivity index (χ3n) is 3.41. The second-order valence-corrected chi connectivity index (χ2v) is 4.07. The molecular weight excluding hydrogens is 166 g/mol. The minimum Gasteiger partial charge on any atom is -0.313 e. The van der Waals surface area contributed by atoms with Crippen LogP contribution in [0.2, 0.25) is 0 Å². The largest absolute Gasteiger partial charge is 0.313 e. The molecule has 13 heavy (non-hydrogen) atoms. The molecule has 0 radical (unpaired) electrons. The van der Waals surface area contributed by atoms with Gasteiger partial charge in [-0.25, -0.2) is 5.84 Å².